The van der Waals surface area contributed by atoms with E-state index < -0.39 is 11.8 Å². The first-order valence-corrected chi connectivity index (χ1v) is 8.14. The van der Waals surface area contributed by atoms with E-state index in [0.717, 1.165) is 13.1 Å². The molecule has 3 nitrogen and oxygen atoms in total. The average molecular weight is 251 g/mol. The molecular formula is C10H22NO2PS. The van der Waals surface area contributed by atoms with Crippen molar-refractivity contribution < 1.29 is 9.63 Å². The lowest BCUT2D eigenvalue weighted by Gasteiger charge is -2.37. The highest BCUT2D eigenvalue weighted by molar-refractivity contribution is 8.11. The van der Waals surface area contributed by atoms with Gasteiger partial charge < -0.3 is 9.63 Å². The predicted molar refractivity (Wildman–Crippen MR) is 67.6 cm³/mol. The van der Waals surface area contributed by atoms with Gasteiger partial charge in [-0.1, -0.05) is 13.8 Å². The summed E-state index contributed by atoms with van der Waals surface area (Å²) in [4.78, 5) is 0. The van der Waals surface area contributed by atoms with Crippen LogP contribution in [0.3, 0.4) is 0 Å². The molecule has 0 aromatic rings. The molecule has 0 aromatic heterocycles. The second kappa shape index (κ2) is 4.08. The van der Waals surface area contributed by atoms with E-state index in [9.17, 15) is 5.11 Å². The van der Waals surface area contributed by atoms with Crippen molar-refractivity contribution in [3.05, 3.63) is 0 Å². The molecule has 2 unspecified atom stereocenters. The Bertz CT molecular complexity index is 287. The maximum atomic E-state index is 10.5. The monoisotopic (exact) mass is 251 g/mol. The Morgan fingerprint density at radius 2 is 1.80 bits per heavy atom. The Labute approximate surface area is 97.9 Å². The van der Waals surface area contributed by atoms with Gasteiger partial charge in [0.15, 0.2) is 6.42 Å². The molecule has 2 atom stereocenters. The number of nitrogens with zero attached hydrogens (tertiary/aromatic N) is 1. The molecule has 0 bridgehead atoms. The molecule has 1 N–H and O–H groups in total. The molecule has 90 valence electrons. The van der Waals surface area contributed by atoms with Crippen LogP contribution in [-0.4, -0.2) is 33.8 Å². The van der Waals surface area contributed by atoms with Crippen molar-refractivity contribution >= 4 is 18.2 Å². The zero-order valence-electron chi connectivity index (χ0n) is 10.3. The van der Waals surface area contributed by atoms with Crippen molar-refractivity contribution in [3.8, 4) is 0 Å². The Morgan fingerprint density at radius 3 is 2.07 bits per heavy atom. The van der Waals surface area contributed by atoms with Gasteiger partial charge in [-0.05, 0) is 32.6 Å². The zero-order valence-corrected chi connectivity index (χ0v) is 12.0. The molecule has 0 amide bonds. The number of hydrogen-bond acceptors (Lipinski definition) is 3. The van der Waals surface area contributed by atoms with Crippen LogP contribution in [0.5, 0.6) is 0 Å². The van der Waals surface area contributed by atoms with Crippen LogP contribution < -0.4 is 0 Å². The first kappa shape index (κ1) is 13.6. The van der Waals surface area contributed by atoms with E-state index in [1.807, 2.05) is 20.8 Å². The summed E-state index contributed by atoms with van der Waals surface area (Å²) in [6.45, 7) is 11.6. The minimum atomic E-state index is -2.28. The van der Waals surface area contributed by atoms with Gasteiger partial charge >= 0.3 is 0 Å². The van der Waals surface area contributed by atoms with E-state index in [2.05, 4.69) is 18.5 Å². The summed E-state index contributed by atoms with van der Waals surface area (Å²) in [5.74, 6) is 0. The SMILES string of the molecule is CCN(CC)P1(=S)OC(C)(C)CC1(C)O. The summed E-state index contributed by atoms with van der Waals surface area (Å²) >= 11 is 5.64. The number of hydrogen-bond donors (Lipinski definition) is 1. The lowest BCUT2D eigenvalue weighted by atomic mass is 10.0. The van der Waals surface area contributed by atoms with Crippen molar-refractivity contribution in [1.82, 2.24) is 4.67 Å². The standard InChI is InChI=1S/C10H22NO2PS/c1-6-11(7-2)14(15)10(5,12)8-9(3,4)13-14/h12H,6-8H2,1-5H3. The Morgan fingerprint density at radius 1 is 1.33 bits per heavy atom. The Hall–Kier alpha value is 0.530. The third kappa shape index (κ3) is 2.29. The molecule has 15 heavy (non-hydrogen) atoms. The molecule has 1 fully saturated rings. The van der Waals surface area contributed by atoms with E-state index in [1.165, 1.54) is 0 Å². The van der Waals surface area contributed by atoms with Gasteiger partial charge in [-0.25, -0.2) is 0 Å². The quantitative estimate of drug-likeness (QED) is 0.781. The lowest BCUT2D eigenvalue weighted by Crippen LogP contribution is -2.31. The largest absolute Gasteiger partial charge is 0.381 e. The summed E-state index contributed by atoms with van der Waals surface area (Å²) in [6, 6.07) is 0. The fourth-order valence-corrected chi connectivity index (χ4v) is 6.80. The number of rotatable bonds is 3. The van der Waals surface area contributed by atoms with Crippen molar-refractivity contribution in [2.24, 2.45) is 0 Å². The van der Waals surface area contributed by atoms with Crippen LogP contribution in [0.4, 0.5) is 0 Å². The predicted octanol–water partition coefficient (Wildman–Crippen LogP) is 2.55. The van der Waals surface area contributed by atoms with Crippen molar-refractivity contribution in [2.45, 2.75) is 52.0 Å². The lowest BCUT2D eigenvalue weighted by molar-refractivity contribution is 0.0932. The normalized spacial score (nSPS) is 39.9. The molecule has 1 saturated heterocycles. The van der Waals surface area contributed by atoms with Gasteiger partial charge in [-0.2, -0.15) is 0 Å². The van der Waals surface area contributed by atoms with Gasteiger partial charge in [0.1, 0.15) is 5.34 Å². The van der Waals surface area contributed by atoms with E-state index in [-0.39, 0.29) is 5.60 Å². The molecular weight excluding hydrogens is 229 g/mol. The molecule has 0 aliphatic carbocycles. The van der Waals surface area contributed by atoms with E-state index in [0.29, 0.717) is 6.42 Å². The summed E-state index contributed by atoms with van der Waals surface area (Å²) in [5, 5.41) is 9.60. The minimum Gasteiger partial charge on any atom is -0.381 e. The summed E-state index contributed by atoms with van der Waals surface area (Å²) in [6.07, 6.45) is -1.66. The molecule has 1 rings (SSSR count). The van der Waals surface area contributed by atoms with Gasteiger partial charge in [-0.3, -0.25) is 4.67 Å². The molecule has 0 radical (unpaired) electrons. The highest BCUT2D eigenvalue weighted by Crippen LogP contribution is 2.70. The molecule has 1 aliphatic rings. The highest BCUT2D eigenvalue weighted by Gasteiger charge is 2.55. The van der Waals surface area contributed by atoms with Gasteiger partial charge in [0.25, 0.3) is 0 Å². The van der Waals surface area contributed by atoms with Crippen LogP contribution in [0.25, 0.3) is 0 Å². The van der Waals surface area contributed by atoms with Gasteiger partial charge in [0.05, 0.1) is 5.60 Å². The van der Waals surface area contributed by atoms with Gasteiger partial charge in [0, 0.05) is 19.5 Å². The zero-order chi connectivity index (χ0) is 11.9. The topological polar surface area (TPSA) is 32.7 Å². The average Bonchev–Trinajstić information content (AvgIpc) is 2.18. The van der Waals surface area contributed by atoms with E-state index >= 15 is 0 Å². The molecule has 0 spiro atoms. The van der Waals surface area contributed by atoms with Crippen LogP contribution in [0.1, 0.15) is 41.0 Å². The number of aliphatic hydroxyl groups is 1. The summed E-state index contributed by atoms with van der Waals surface area (Å²) < 4.78 is 8.11. The third-order valence-corrected chi connectivity index (χ3v) is 8.37. The smallest absolute Gasteiger partial charge is 0.163 e. The van der Waals surface area contributed by atoms with Crippen LogP contribution in [0.15, 0.2) is 0 Å². The van der Waals surface area contributed by atoms with Gasteiger partial charge in [0.2, 0.25) is 0 Å². The fourth-order valence-electron chi connectivity index (χ4n) is 2.33. The van der Waals surface area contributed by atoms with Crippen molar-refractivity contribution in [1.29, 1.82) is 0 Å². The van der Waals surface area contributed by atoms with E-state index in [4.69, 9.17) is 16.3 Å². The van der Waals surface area contributed by atoms with Gasteiger partial charge in [-0.15, -0.1) is 0 Å². The van der Waals surface area contributed by atoms with Crippen molar-refractivity contribution in [2.75, 3.05) is 13.1 Å². The summed E-state index contributed by atoms with van der Waals surface area (Å²) in [5.41, 5.74) is -0.304. The first-order valence-electron chi connectivity index (χ1n) is 5.47. The van der Waals surface area contributed by atoms with Crippen molar-refractivity contribution in [3.63, 3.8) is 0 Å². The van der Waals surface area contributed by atoms with Crippen LogP contribution in [0.2, 0.25) is 0 Å². The second-order valence-corrected chi connectivity index (χ2v) is 9.14. The maximum Gasteiger partial charge on any atom is 0.163 e. The van der Waals surface area contributed by atoms with Crippen LogP contribution in [0, 0.1) is 0 Å². The molecule has 1 aliphatic heterocycles. The molecule has 0 aromatic carbocycles. The van der Waals surface area contributed by atoms with Crippen LogP contribution >= 0.6 is 6.42 Å². The summed E-state index contributed by atoms with van der Waals surface area (Å²) in [7, 11) is 0. The molecule has 1 heterocycles. The fraction of sp³-hybridized carbons (Fsp3) is 1.00. The minimum absolute atomic E-state index is 0.304. The second-order valence-electron chi connectivity index (χ2n) is 4.90. The Balaban J connectivity index is 3.07. The maximum absolute atomic E-state index is 10.5. The Kier molecular flexibility index (Phi) is 3.70. The molecule has 5 heteroatoms. The first-order chi connectivity index (χ1) is 6.68. The highest BCUT2D eigenvalue weighted by atomic mass is 32.4. The van der Waals surface area contributed by atoms with E-state index in [1.54, 1.807) is 0 Å². The molecule has 0 saturated carbocycles. The third-order valence-electron chi connectivity index (χ3n) is 2.84. The van der Waals surface area contributed by atoms with Crippen LogP contribution in [-0.2, 0) is 16.3 Å².